The van der Waals surface area contributed by atoms with E-state index in [2.05, 4.69) is 31.4 Å². The lowest BCUT2D eigenvalue weighted by atomic mass is 10.0. The van der Waals surface area contributed by atoms with Crippen LogP contribution in [0, 0.1) is 0 Å². The van der Waals surface area contributed by atoms with Gasteiger partial charge in [0.15, 0.2) is 0 Å². The van der Waals surface area contributed by atoms with Crippen molar-refractivity contribution in [3.63, 3.8) is 0 Å². The van der Waals surface area contributed by atoms with E-state index in [1.165, 1.54) is 9.81 Å². The topological polar surface area (TPSA) is 0 Å². The maximum absolute atomic E-state index is 6.21. The van der Waals surface area contributed by atoms with Crippen molar-refractivity contribution >= 4 is 40.7 Å². The summed E-state index contributed by atoms with van der Waals surface area (Å²) in [4.78, 5) is 0. The summed E-state index contributed by atoms with van der Waals surface area (Å²) < 4.78 is 1.35. The lowest BCUT2D eigenvalue weighted by molar-refractivity contribution is 1.25. The maximum Gasteiger partial charge on any atom is 0.0484 e. The highest BCUT2D eigenvalue weighted by Crippen LogP contribution is 2.39. The van der Waals surface area contributed by atoms with Crippen LogP contribution in [0.3, 0.4) is 0 Å². The van der Waals surface area contributed by atoms with Crippen molar-refractivity contribution in [3.05, 3.63) is 51.2 Å². The van der Waals surface area contributed by atoms with E-state index in [0.717, 1.165) is 10.6 Å². The first-order valence-electron chi connectivity index (χ1n) is 5.10. The van der Waals surface area contributed by atoms with Gasteiger partial charge in [0.2, 0.25) is 0 Å². The summed E-state index contributed by atoms with van der Waals surface area (Å²) >= 11 is 9.90. The molecule has 0 bridgehead atoms. The quantitative estimate of drug-likeness (QED) is 0.735. The number of rotatable bonds is 2. The third-order valence-corrected chi connectivity index (χ3v) is 4.87. The van der Waals surface area contributed by atoms with Gasteiger partial charge in [0.25, 0.3) is 0 Å². The van der Waals surface area contributed by atoms with Crippen LogP contribution in [0.4, 0.5) is 0 Å². The molecule has 0 N–H and O–H groups in total. The zero-order valence-corrected chi connectivity index (χ0v) is 11.6. The summed E-state index contributed by atoms with van der Waals surface area (Å²) in [5.74, 6) is 0. The van der Waals surface area contributed by atoms with E-state index >= 15 is 0 Å². The van der Waals surface area contributed by atoms with Crippen molar-refractivity contribution in [2.24, 2.45) is 0 Å². The number of benzene rings is 1. The molecule has 1 atom stereocenters. The number of allylic oxidation sites excluding steroid dienone is 2. The van der Waals surface area contributed by atoms with Crippen molar-refractivity contribution in [2.75, 3.05) is 6.26 Å². The first-order chi connectivity index (χ1) is 7.70. The first-order valence-corrected chi connectivity index (χ1v) is 7.58. The molecule has 0 amide bonds. The molecule has 0 aromatic heterocycles. The van der Waals surface area contributed by atoms with Crippen LogP contribution < -0.4 is 0 Å². The molecular weight excluding hydrogens is 256 g/mol. The van der Waals surface area contributed by atoms with Gasteiger partial charge in [-0.3, -0.25) is 0 Å². The average Bonchev–Trinajstić information content (AvgIpc) is 2.28. The van der Waals surface area contributed by atoms with E-state index in [4.69, 9.17) is 11.6 Å². The fraction of sp³-hybridized carbons (Fsp3) is 0.231. The van der Waals surface area contributed by atoms with Crippen LogP contribution in [0.25, 0.3) is 5.57 Å². The Morgan fingerprint density at radius 1 is 1.31 bits per heavy atom. The lowest BCUT2D eigenvalue weighted by Crippen LogP contribution is -1.98. The molecule has 0 fully saturated rings. The summed E-state index contributed by atoms with van der Waals surface area (Å²) in [7, 11) is 0. The van der Waals surface area contributed by atoms with Gasteiger partial charge in [-0.05, 0) is 30.9 Å². The summed E-state index contributed by atoms with van der Waals surface area (Å²) in [6.07, 6.45) is 6.60. The Morgan fingerprint density at radius 3 is 2.75 bits per heavy atom. The van der Waals surface area contributed by atoms with E-state index in [1.807, 2.05) is 30.0 Å². The SMILES string of the molecule is CSC1=CC(c2ccccc2Cl)=CC(C)S1. The summed E-state index contributed by atoms with van der Waals surface area (Å²) in [5.41, 5.74) is 2.36. The standard InChI is InChI=1S/C13H13ClS2/c1-9-7-10(8-13(15-2)16-9)11-5-3-4-6-12(11)14/h3-9H,1-2H3. The Balaban J connectivity index is 2.41. The van der Waals surface area contributed by atoms with Crippen molar-refractivity contribution in [1.29, 1.82) is 0 Å². The van der Waals surface area contributed by atoms with Gasteiger partial charge in [0.1, 0.15) is 0 Å². The second-order valence-electron chi connectivity index (χ2n) is 3.59. The van der Waals surface area contributed by atoms with Crippen molar-refractivity contribution in [1.82, 2.24) is 0 Å². The second kappa shape index (κ2) is 5.35. The molecule has 3 heteroatoms. The van der Waals surface area contributed by atoms with E-state index in [-0.39, 0.29) is 0 Å². The molecule has 1 aliphatic heterocycles. The average molecular weight is 269 g/mol. The van der Waals surface area contributed by atoms with Gasteiger partial charge in [0, 0.05) is 20.1 Å². The summed E-state index contributed by atoms with van der Waals surface area (Å²) in [6.45, 7) is 2.21. The summed E-state index contributed by atoms with van der Waals surface area (Å²) in [5, 5.41) is 1.34. The summed E-state index contributed by atoms with van der Waals surface area (Å²) in [6, 6.07) is 8.01. The van der Waals surface area contributed by atoms with Crippen LogP contribution in [0.5, 0.6) is 0 Å². The third kappa shape index (κ3) is 2.68. The molecule has 0 saturated carbocycles. The van der Waals surface area contributed by atoms with Crippen LogP contribution in [0.2, 0.25) is 5.02 Å². The monoisotopic (exact) mass is 268 g/mol. The molecule has 0 spiro atoms. The molecule has 2 rings (SSSR count). The largest absolute Gasteiger partial charge is 0.123 e. The molecule has 1 heterocycles. The van der Waals surface area contributed by atoms with Gasteiger partial charge in [-0.2, -0.15) is 0 Å². The molecule has 0 nitrogen and oxygen atoms in total. The predicted octanol–water partition coefficient (Wildman–Crippen LogP) is 5.06. The molecule has 1 aliphatic rings. The number of hydrogen-bond donors (Lipinski definition) is 0. The molecule has 0 saturated heterocycles. The van der Waals surface area contributed by atoms with Crippen LogP contribution in [0.1, 0.15) is 12.5 Å². The maximum atomic E-state index is 6.21. The van der Waals surface area contributed by atoms with E-state index in [9.17, 15) is 0 Å². The highest BCUT2D eigenvalue weighted by atomic mass is 35.5. The Morgan fingerprint density at radius 2 is 2.06 bits per heavy atom. The first kappa shape index (κ1) is 12.2. The molecule has 1 unspecified atom stereocenters. The molecule has 0 radical (unpaired) electrons. The van der Waals surface area contributed by atoms with Gasteiger partial charge in [-0.25, -0.2) is 0 Å². The normalized spacial score (nSPS) is 20.3. The zero-order valence-electron chi connectivity index (χ0n) is 9.24. The Hall–Kier alpha value is -0.310. The van der Waals surface area contributed by atoms with Crippen molar-refractivity contribution in [3.8, 4) is 0 Å². The van der Waals surface area contributed by atoms with E-state index in [1.54, 1.807) is 11.8 Å². The van der Waals surface area contributed by atoms with Crippen molar-refractivity contribution in [2.45, 2.75) is 12.2 Å². The van der Waals surface area contributed by atoms with Crippen molar-refractivity contribution < 1.29 is 0 Å². The Kier molecular flexibility index (Phi) is 4.06. The zero-order chi connectivity index (χ0) is 11.5. The number of thioether (sulfide) groups is 2. The van der Waals surface area contributed by atoms with Gasteiger partial charge in [-0.1, -0.05) is 35.9 Å². The third-order valence-electron chi connectivity index (χ3n) is 2.38. The predicted molar refractivity (Wildman–Crippen MR) is 78.1 cm³/mol. The van der Waals surface area contributed by atoms with Gasteiger partial charge in [0.05, 0.1) is 0 Å². The van der Waals surface area contributed by atoms with Gasteiger partial charge in [-0.15, -0.1) is 23.5 Å². The number of hydrogen-bond acceptors (Lipinski definition) is 2. The van der Waals surface area contributed by atoms with Crippen LogP contribution in [-0.4, -0.2) is 11.5 Å². The highest BCUT2D eigenvalue weighted by molar-refractivity contribution is 8.22. The molecule has 1 aromatic carbocycles. The highest BCUT2D eigenvalue weighted by Gasteiger charge is 2.14. The van der Waals surface area contributed by atoms with Gasteiger partial charge >= 0.3 is 0 Å². The minimum absolute atomic E-state index is 0.513. The van der Waals surface area contributed by atoms with E-state index < -0.39 is 0 Å². The van der Waals surface area contributed by atoms with E-state index in [0.29, 0.717) is 5.25 Å². The second-order valence-corrected chi connectivity index (χ2v) is 6.53. The Bertz CT molecular complexity index is 449. The molecule has 16 heavy (non-hydrogen) atoms. The minimum atomic E-state index is 0.513. The van der Waals surface area contributed by atoms with Crippen LogP contribution in [0.15, 0.2) is 40.7 Å². The van der Waals surface area contributed by atoms with Gasteiger partial charge < -0.3 is 0 Å². The molecule has 0 aliphatic carbocycles. The Labute approximate surface area is 110 Å². The molecule has 1 aromatic rings. The van der Waals surface area contributed by atoms with Crippen LogP contribution in [-0.2, 0) is 0 Å². The lowest BCUT2D eigenvalue weighted by Gasteiger charge is -2.17. The smallest absolute Gasteiger partial charge is 0.0484 e. The van der Waals surface area contributed by atoms with Crippen LogP contribution >= 0.6 is 35.1 Å². The molecular formula is C13H13ClS2. The molecule has 84 valence electrons. The fourth-order valence-corrected chi connectivity index (χ4v) is 3.76. The number of halogens is 1. The fourth-order valence-electron chi connectivity index (χ4n) is 1.65. The minimum Gasteiger partial charge on any atom is -0.123 e.